The Labute approximate surface area is 131 Å². The van der Waals surface area contributed by atoms with Gasteiger partial charge in [-0.15, -0.1) is 0 Å². The lowest BCUT2D eigenvalue weighted by Gasteiger charge is -2.39. The fourth-order valence-electron chi connectivity index (χ4n) is 2.80. The zero-order valence-electron chi connectivity index (χ0n) is 13.4. The molecular formula is C15H28BrN3O. The minimum absolute atomic E-state index is 0.138. The number of ether oxygens (including phenoxy) is 1. The van der Waals surface area contributed by atoms with Crippen molar-refractivity contribution in [3.05, 3.63) is 16.4 Å². The molecule has 4 nitrogen and oxygen atoms in total. The number of aromatic nitrogens is 2. The van der Waals surface area contributed by atoms with E-state index in [1.807, 2.05) is 13.3 Å². The Morgan fingerprint density at radius 1 is 1.35 bits per heavy atom. The lowest BCUT2D eigenvalue weighted by Crippen LogP contribution is -2.46. The molecule has 0 aromatic carbocycles. The Bertz CT molecular complexity index is 394. The standard InChI is InChI=1S/C15H28BrN3O/c1-6-10-17-14(15(7-2,8-3)20-5)13-12(16)11-18-19(13)9-4/h11,14,17H,6-10H2,1-5H3. The van der Waals surface area contributed by atoms with Gasteiger partial charge in [0.15, 0.2) is 0 Å². The van der Waals surface area contributed by atoms with Gasteiger partial charge >= 0.3 is 0 Å². The highest BCUT2D eigenvalue weighted by atomic mass is 79.9. The van der Waals surface area contributed by atoms with E-state index in [9.17, 15) is 0 Å². The van der Waals surface area contributed by atoms with Gasteiger partial charge in [0.25, 0.3) is 0 Å². The van der Waals surface area contributed by atoms with Crippen molar-refractivity contribution < 1.29 is 4.74 Å². The molecule has 1 atom stereocenters. The fourth-order valence-corrected chi connectivity index (χ4v) is 3.32. The first-order chi connectivity index (χ1) is 9.60. The summed E-state index contributed by atoms with van der Waals surface area (Å²) in [6.45, 7) is 10.5. The predicted octanol–water partition coefficient (Wildman–Crippen LogP) is 3.91. The molecule has 0 fully saturated rings. The van der Waals surface area contributed by atoms with Crippen LogP contribution in [0.2, 0.25) is 0 Å². The summed E-state index contributed by atoms with van der Waals surface area (Å²) in [4.78, 5) is 0. The van der Waals surface area contributed by atoms with E-state index in [1.165, 1.54) is 5.69 Å². The number of nitrogens with zero attached hydrogens (tertiary/aromatic N) is 2. The SMILES string of the molecule is CCCNC(c1c(Br)cnn1CC)C(CC)(CC)OC. The third kappa shape index (κ3) is 3.43. The van der Waals surface area contributed by atoms with Crippen molar-refractivity contribution in [2.24, 2.45) is 0 Å². The summed E-state index contributed by atoms with van der Waals surface area (Å²) in [6.07, 6.45) is 4.90. The average Bonchev–Trinajstić information content (AvgIpc) is 2.85. The highest BCUT2D eigenvalue weighted by Crippen LogP contribution is 2.38. The Hall–Kier alpha value is -0.390. The van der Waals surface area contributed by atoms with E-state index in [1.54, 1.807) is 0 Å². The van der Waals surface area contributed by atoms with Gasteiger partial charge in [-0.3, -0.25) is 4.68 Å². The van der Waals surface area contributed by atoms with Crippen molar-refractivity contribution in [2.45, 2.75) is 65.1 Å². The zero-order valence-corrected chi connectivity index (χ0v) is 15.0. The van der Waals surface area contributed by atoms with Crippen molar-refractivity contribution in [1.29, 1.82) is 0 Å². The van der Waals surface area contributed by atoms with Gasteiger partial charge in [0.1, 0.15) is 0 Å². The Morgan fingerprint density at radius 2 is 2.00 bits per heavy atom. The second-order valence-corrected chi connectivity index (χ2v) is 5.91. The van der Waals surface area contributed by atoms with Crippen LogP contribution in [0.25, 0.3) is 0 Å². The first-order valence-electron chi connectivity index (χ1n) is 7.59. The van der Waals surface area contributed by atoms with E-state index < -0.39 is 0 Å². The maximum atomic E-state index is 5.95. The molecule has 0 amide bonds. The maximum absolute atomic E-state index is 5.95. The Balaban J connectivity index is 3.26. The first kappa shape index (κ1) is 17.7. The van der Waals surface area contributed by atoms with Crippen LogP contribution < -0.4 is 5.32 Å². The third-order valence-electron chi connectivity index (χ3n) is 4.13. The largest absolute Gasteiger partial charge is 0.376 e. The molecule has 1 aromatic rings. The van der Waals surface area contributed by atoms with Crippen LogP contribution in [0.5, 0.6) is 0 Å². The van der Waals surface area contributed by atoms with E-state index >= 15 is 0 Å². The van der Waals surface area contributed by atoms with Gasteiger partial charge in [0, 0.05) is 13.7 Å². The number of aryl methyl sites for hydroxylation is 1. The Morgan fingerprint density at radius 3 is 2.45 bits per heavy atom. The zero-order chi connectivity index (χ0) is 15.2. The highest BCUT2D eigenvalue weighted by molar-refractivity contribution is 9.10. The smallest absolute Gasteiger partial charge is 0.0882 e. The molecule has 1 rings (SSSR count). The minimum atomic E-state index is -0.204. The van der Waals surface area contributed by atoms with Crippen molar-refractivity contribution in [3.63, 3.8) is 0 Å². The molecule has 20 heavy (non-hydrogen) atoms. The van der Waals surface area contributed by atoms with Gasteiger partial charge < -0.3 is 10.1 Å². The van der Waals surface area contributed by atoms with Gasteiger partial charge in [-0.1, -0.05) is 20.8 Å². The molecule has 0 aliphatic rings. The first-order valence-corrected chi connectivity index (χ1v) is 8.39. The molecule has 0 saturated carbocycles. The molecule has 1 unspecified atom stereocenters. The number of hydrogen-bond acceptors (Lipinski definition) is 3. The summed E-state index contributed by atoms with van der Waals surface area (Å²) in [7, 11) is 1.81. The van der Waals surface area contributed by atoms with Crippen molar-refractivity contribution >= 4 is 15.9 Å². The molecule has 116 valence electrons. The van der Waals surface area contributed by atoms with Gasteiger partial charge in [0.05, 0.1) is 28.0 Å². The van der Waals surface area contributed by atoms with E-state index in [-0.39, 0.29) is 11.6 Å². The van der Waals surface area contributed by atoms with Gasteiger partial charge in [0.2, 0.25) is 0 Å². The summed E-state index contributed by atoms with van der Waals surface area (Å²) in [5, 5.41) is 8.12. The highest BCUT2D eigenvalue weighted by Gasteiger charge is 2.39. The fraction of sp³-hybridized carbons (Fsp3) is 0.800. The van der Waals surface area contributed by atoms with Gasteiger partial charge in [-0.05, 0) is 48.7 Å². The molecule has 0 spiro atoms. The molecule has 0 aliphatic heterocycles. The van der Waals surface area contributed by atoms with Crippen LogP contribution in [0, 0.1) is 0 Å². The van der Waals surface area contributed by atoms with Crippen LogP contribution in [0.15, 0.2) is 10.7 Å². The number of methoxy groups -OCH3 is 1. The quantitative estimate of drug-likeness (QED) is 0.737. The van der Waals surface area contributed by atoms with Crippen LogP contribution in [0.1, 0.15) is 58.7 Å². The maximum Gasteiger partial charge on any atom is 0.0882 e. The van der Waals surface area contributed by atoms with E-state index in [0.29, 0.717) is 0 Å². The minimum Gasteiger partial charge on any atom is -0.376 e. The van der Waals surface area contributed by atoms with Gasteiger partial charge in [-0.2, -0.15) is 5.10 Å². The summed E-state index contributed by atoms with van der Waals surface area (Å²) in [5.41, 5.74) is 0.983. The molecule has 0 bridgehead atoms. The molecule has 0 saturated heterocycles. The van der Waals surface area contributed by atoms with Crippen molar-refractivity contribution in [2.75, 3.05) is 13.7 Å². The Kier molecular flexibility index (Phi) is 7.20. The topological polar surface area (TPSA) is 39.1 Å². The normalized spacial score (nSPS) is 13.7. The third-order valence-corrected chi connectivity index (χ3v) is 4.75. The van der Waals surface area contributed by atoms with E-state index in [2.05, 4.69) is 58.7 Å². The van der Waals surface area contributed by atoms with E-state index in [0.717, 1.165) is 36.8 Å². The molecule has 1 N–H and O–H groups in total. The lowest BCUT2D eigenvalue weighted by molar-refractivity contribution is -0.0508. The van der Waals surface area contributed by atoms with Crippen LogP contribution in [-0.4, -0.2) is 29.0 Å². The summed E-state index contributed by atoms with van der Waals surface area (Å²) in [5.74, 6) is 0. The molecule has 0 aliphatic carbocycles. The average molecular weight is 346 g/mol. The number of nitrogens with one attached hydrogen (secondary N) is 1. The predicted molar refractivity (Wildman–Crippen MR) is 87.0 cm³/mol. The number of rotatable bonds is 9. The number of hydrogen-bond donors (Lipinski definition) is 1. The van der Waals surface area contributed by atoms with E-state index in [4.69, 9.17) is 4.74 Å². The molecule has 1 heterocycles. The molecule has 0 radical (unpaired) electrons. The van der Waals surface area contributed by atoms with Crippen molar-refractivity contribution in [3.8, 4) is 0 Å². The molecular weight excluding hydrogens is 318 g/mol. The number of halogens is 1. The van der Waals surface area contributed by atoms with Crippen LogP contribution in [0.4, 0.5) is 0 Å². The molecule has 1 aromatic heterocycles. The van der Waals surface area contributed by atoms with Gasteiger partial charge in [-0.25, -0.2) is 0 Å². The monoisotopic (exact) mass is 345 g/mol. The summed E-state index contributed by atoms with van der Waals surface area (Å²) >= 11 is 3.65. The second-order valence-electron chi connectivity index (χ2n) is 5.06. The summed E-state index contributed by atoms with van der Waals surface area (Å²) in [6, 6.07) is 0.138. The van der Waals surface area contributed by atoms with Crippen LogP contribution in [-0.2, 0) is 11.3 Å². The van der Waals surface area contributed by atoms with Crippen molar-refractivity contribution in [1.82, 2.24) is 15.1 Å². The second kappa shape index (κ2) is 8.15. The van der Waals surface area contributed by atoms with Crippen LogP contribution in [0.3, 0.4) is 0 Å². The summed E-state index contributed by atoms with van der Waals surface area (Å²) < 4.78 is 9.05. The van der Waals surface area contributed by atoms with Crippen LogP contribution >= 0.6 is 15.9 Å². The lowest BCUT2D eigenvalue weighted by atomic mass is 9.86. The molecule has 5 heteroatoms.